The van der Waals surface area contributed by atoms with Crippen molar-refractivity contribution in [1.29, 1.82) is 0 Å². The number of hydrogen-bond donors (Lipinski definition) is 2. The zero-order chi connectivity index (χ0) is 27.8. The number of carbonyl (C=O) groups is 3. The smallest absolute Gasteiger partial charge is 0.332 e. The number of methoxy groups -OCH3 is 2. The summed E-state index contributed by atoms with van der Waals surface area (Å²) < 4.78 is 10.5. The van der Waals surface area contributed by atoms with Crippen LogP contribution in [-0.4, -0.2) is 61.1 Å². The Bertz CT molecular complexity index is 1600. The van der Waals surface area contributed by atoms with Gasteiger partial charge in [0.15, 0.2) is 0 Å². The topological polar surface area (TPSA) is 104 Å². The van der Waals surface area contributed by atoms with Gasteiger partial charge in [0.25, 0.3) is 11.8 Å². The standard InChI is InChI=1S/C31H30N4O5/c1-39-16-6-15-32-29(36)19-11-13-21(14-12-19)34-30(37)26-18-24-23-9-3-4-10-25(23)33-27(24)28(35(26)31(34)38)20-7-5-8-22(17-20)40-2/h3-5,7-14,17,26,28,33H,6,15-16,18H2,1-2H3,(H,32,36)/t26-,28-/m0/s1. The van der Waals surface area contributed by atoms with Crippen LogP contribution < -0.4 is 15.0 Å². The monoisotopic (exact) mass is 538 g/mol. The number of ether oxygens (including phenoxy) is 2. The second kappa shape index (κ2) is 10.5. The van der Waals surface area contributed by atoms with Gasteiger partial charge in [0, 0.05) is 48.8 Å². The number of anilines is 1. The Morgan fingerprint density at radius 3 is 2.60 bits per heavy atom. The molecule has 204 valence electrons. The summed E-state index contributed by atoms with van der Waals surface area (Å²) >= 11 is 0. The molecule has 3 heterocycles. The minimum atomic E-state index is -0.667. The quantitative estimate of drug-likeness (QED) is 0.255. The minimum absolute atomic E-state index is 0.220. The van der Waals surface area contributed by atoms with Gasteiger partial charge in [0.05, 0.1) is 12.8 Å². The number of nitrogens with zero attached hydrogens (tertiary/aromatic N) is 2. The number of carbonyl (C=O) groups excluding carboxylic acids is 3. The van der Waals surface area contributed by atoms with E-state index in [0.717, 1.165) is 27.7 Å². The molecule has 2 atom stereocenters. The van der Waals surface area contributed by atoms with Crippen molar-refractivity contribution in [2.45, 2.75) is 24.9 Å². The molecule has 1 aromatic heterocycles. The van der Waals surface area contributed by atoms with Crippen LogP contribution >= 0.6 is 0 Å². The Morgan fingerprint density at radius 1 is 1.02 bits per heavy atom. The number of hydrogen-bond acceptors (Lipinski definition) is 5. The summed E-state index contributed by atoms with van der Waals surface area (Å²) in [5, 5.41) is 3.89. The minimum Gasteiger partial charge on any atom is -0.497 e. The van der Waals surface area contributed by atoms with Crippen LogP contribution in [0.3, 0.4) is 0 Å². The molecule has 3 aromatic carbocycles. The highest BCUT2D eigenvalue weighted by atomic mass is 16.5. The molecule has 4 aromatic rings. The summed E-state index contributed by atoms with van der Waals surface area (Å²) in [7, 11) is 3.22. The fraction of sp³-hybridized carbons (Fsp3) is 0.258. The lowest BCUT2D eigenvalue weighted by atomic mass is 9.89. The van der Waals surface area contributed by atoms with Crippen molar-refractivity contribution < 1.29 is 23.9 Å². The van der Waals surface area contributed by atoms with E-state index in [0.29, 0.717) is 43.0 Å². The van der Waals surface area contributed by atoms with Gasteiger partial charge in [-0.05, 0) is 60.0 Å². The molecule has 2 aliphatic rings. The molecule has 0 saturated carbocycles. The number of aromatic nitrogens is 1. The maximum absolute atomic E-state index is 14.0. The molecule has 0 aliphatic carbocycles. The van der Waals surface area contributed by atoms with E-state index in [4.69, 9.17) is 9.47 Å². The van der Waals surface area contributed by atoms with E-state index in [1.165, 1.54) is 4.90 Å². The summed E-state index contributed by atoms with van der Waals surface area (Å²) in [6.45, 7) is 1.06. The first-order chi connectivity index (χ1) is 19.5. The largest absolute Gasteiger partial charge is 0.497 e. The van der Waals surface area contributed by atoms with Crippen LogP contribution in [0.5, 0.6) is 5.75 Å². The molecule has 0 radical (unpaired) electrons. The van der Waals surface area contributed by atoms with Crippen molar-refractivity contribution in [3.05, 3.63) is 95.2 Å². The number of benzene rings is 3. The highest BCUT2D eigenvalue weighted by Crippen LogP contribution is 2.45. The van der Waals surface area contributed by atoms with E-state index in [1.54, 1.807) is 43.4 Å². The van der Waals surface area contributed by atoms with Gasteiger partial charge in [0.1, 0.15) is 17.8 Å². The van der Waals surface area contributed by atoms with Crippen molar-refractivity contribution >= 4 is 34.4 Å². The summed E-state index contributed by atoms with van der Waals surface area (Å²) in [4.78, 5) is 46.8. The first kappa shape index (κ1) is 25.6. The van der Waals surface area contributed by atoms with Gasteiger partial charge in [-0.15, -0.1) is 0 Å². The van der Waals surface area contributed by atoms with Crippen molar-refractivity contribution in [1.82, 2.24) is 15.2 Å². The number of rotatable bonds is 8. The van der Waals surface area contributed by atoms with Crippen molar-refractivity contribution in [2.75, 3.05) is 32.3 Å². The molecule has 9 nitrogen and oxygen atoms in total. The van der Waals surface area contributed by atoms with Gasteiger partial charge in [-0.2, -0.15) is 0 Å². The molecule has 9 heteroatoms. The molecular weight excluding hydrogens is 508 g/mol. The lowest BCUT2D eigenvalue weighted by Crippen LogP contribution is -2.44. The number of imide groups is 1. The Kier molecular flexibility index (Phi) is 6.73. The first-order valence-electron chi connectivity index (χ1n) is 13.3. The third kappa shape index (κ3) is 4.28. The van der Waals surface area contributed by atoms with Crippen LogP contribution in [-0.2, 0) is 16.0 Å². The zero-order valence-corrected chi connectivity index (χ0v) is 22.3. The van der Waals surface area contributed by atoms with Crippen LogP contribution in [0.25, 0.3) is 10.9 Å². The van der Waals surface area contributed by atoms with E-state index in [1.807, 2.05) is 48.5 Å². The summed E-state index contributed by atoms with van der Waals surface area (Å²) in [5.41, 5.74) is 4.63. The van der Waals surface area contributed by atoms with Crippen LogP contribution in [0.2, 0.25) is 0 Å². The van der Waals surface area contributed by atoms with Crippen LogP contribution in [0.1, 0.15) is 39.6 Å². The van der Waals surface area contributed by atoms with E-state index < -0.39 is 18.1 Å². The fourth-order valence-corrected chi connectivity index (χ4v) is 5.75. The average Bonchev–Trinajstić information content (AvgIpc) is 3.48. The van der Waals surface area contributed by atoms with E-state index >= 15 is 0 Å². The Hall–Kier alpha value is -4.63. The van der Waals surface area contributed by atoms with Gasteiger partial charge < -0.3 is 19.8 Å². The van der Waals surface area contributed by atoms with Crippen molar-refractivity contribution in [3.8, 4) is 5.75 Å². The molecule has 40 heavy (non-hydrogen) atoms. The number of H-pyrrole nitrogens is 1. The zero-order valence-electron chi connectivity index (χ0n) is 22.3. The number of nitrogens with one attached hydrogen (secondary N) is 2. The Labute approximate surface area is 231 Å². The van der Waals surface area contributed by atoms with E-state index in [2.05, 4.69) is 10.3 Å². The van der Waals surface area contributed by atoms with Gasteiger partial charge in [-0.3, -0.25) is 14.5 Å². The number of fused-ring (bicyclic) bond motifs is 4. The lowest BCUT2D eigenvalue weighted by Gasteiger charge is -2.36. The van der Waals surface area contributed by atoms with E-state index in [9.17, 15) is 14.4 Å². The highest BCUT2D eigenvalue weighted by molar-refractivity contribution is 6.22. The third-order valence-electron chi connectivity index (χ3n) is 7.66. The molecule has 1 fully saturated rings. The van der Waals surface area contributed by atoms with Gasteiger partial charge in [-0.1, -0.05) is 30.3 Å². The van der Waals surface area contributed by atoms with Gasteiger partial charge >= 0.3 is 6.03 Å². The fourth-order valence-electron chi connectivity index (χ4n) is 5.75. The molecule has 4 amide bonds. The Morgan fingerprint density at radius 2 is 1.82 bits per heavy atom. The number of amides is 4. The van der Waals surface area contributed by atoms with Gasteiger partial charge in [-0.25, -0.2) is 9.69 Å². The van der Waals surface area contributed by atoms with Crippen molar-refractivity contribution in [2.24, 2.45) is 0 Å². The van der Waals surface area contributed by atoms with Gasteiger partial charge in [0.2, 0.25) is 0 Å². The maximum atomic E-state index is 14.0. The lowest BCUT2D eigenvalue weighted by molar-refractivity contribution is -0.120. The molecule has 0 spiro atoms. The predicted octanol–water partition coefficient (Wildman–Crippen LogP) is 4.43. The third-order valence-corrected chi connectivity index (χ3v) is 7.66. The number of urea groups is 1. The van der Waals surface area contributed by atoms with Crippen LogP contribution in [0, 0.1) is 0 Å². The number of aromatic amines is 1. The summed E-state index contributed by atoms with van der Waals surface area (Å²) in [6, 6.07) is 20.6. The summed E-state index contributed by atoms with van der Waals surface area (Å²) in [5.74, 6) is 0.163. The molecule has 2 N–H and O–H groups in total. The molecule has 0 bridgehead atoms. The Balaban J connectivity index is 1.35. The number of para-hydroxylation sites is 1. The molecular formula is C31H30N4O5. The normalized spacial score (nSPS) is 18.1. The maximum Gasteiger partial charge on any atom is 0.332 e. The van der Waals surface area contributed by atoms with Crippen LogP contribution in [0.4, 0.5) is 10.5 Å². The molecule has 2 aliphatic heterocycles. The van der Waals surface area contributed by atoms with Crippen LogP contribution in [0.15, 0.2) is 72.8 Å². The first-order valence-corrected chi connectivity index (χ1v) is 13.3. The predicted molar refractivity (Wildman–Crippen MR) is 151 cm³/mol. The second-order valence-corrected chi connectivity index (χ2v) is 9.97. The molecule has 6 rings (SSSR count). The summed E-state index contributed by atoms with van der Waals surface area (Å²) in [6.07, 6.45) is 1.11. The highest BCUT2D eigenvalue weighted by Gasteiger charge is 2.53. The second-order valence-electron chi connectivity index (χ2n) is 9.97. The molecule has 1 saturated heterocycles. The van der Waals surface area contributed by atoms with E-state index in [-0.39, 0.29) is 11.8 Å². The van der Waals surface area contributed by atoms with Crippen molar-refractivity contribution in [3.63, 3.8) is 0 Å². The average molecular weight is 539 g/mol. The molecule has 0 unspecified atom stereocenters. The SMILES string of the molecule is COCCCNC(=O)c1ccc(N2C(=O)[C@@H]3Cc4c([nH]c5ccccc45)[C@H](c4cccc(OC)c4)N3C2=O)cc1.